The summed E-state index contributed by atoms with van der Waals surface area (Å²) in [6, 6.07) is 6.63. The molecule has 0 atom stereocenters. The van der Waals surface area contributed by atoms with Gasteiger partial charge in [-0.1, -0.05) is 23.0 Å². The first-order valence-electron chi connectivity index (χ1n) is 7.96. The highest BCUT2D eigenvalue weighted by Gasteiger charge is 2.30. The molecule has 1 fully saturated rings. The first-order valence-corrected chi connectivity index (χ1v) is 11.5. The highest BCUT2D eigenvalue weighted by atomic mass is 79.9. The Morgan fingerprint density at radius 2 is 2.19 bits per heavy atom. The fourth-order valence-electron chi connectivity index (χ4n) is 2.58. The maximum atomic E-state index is 5.40. The van der Waals surface area contributed by atoms with Crippen LogP contribution in [0.25, 0.3) is 21.4 Å². The molecule has 0 aliphatic heterocycles. The van der Waals surface area contributed by atoms with E-state index in [2.05, 4.69) is 52.3 Å². The van der Waals surface area contributed by atoms with E-state index in [9.17, 15) is 0 Å². The molecular formula is C16H12BrN5OS3. The van der Waals surface area contributed by atoms with Crippen molar-refractivity contribution in [1.29, 1.82) is 0 Å². The van der Waals surface area contributed by atoms with Crippen molar-refractivity contribution in [3.63, 3.8) is 0 Å². The van der Waals surface area contributed by atoms with E-state index in [0.717, 1.165) is 25.2 Å². The molecule has 0 aromatic carbocycles. The average molecular weight is 466 g/mol. The lowest BCUT2D eigenvalue weighted by atomic mass is 10.4. The average Bonchev–Trinajstić information content (AvgIpc) is 3.13. The summed E-state index contributed by atoms with van der Waals surface area (Å²) in [4.78, 5) is 6.63. The van der Waals surface area contributed by atoms with Gasteiger partial charge in [0.15, 0.2) is 11.0 Å². The van der Waals surface area contributed by atoms with Crippen LogP contribution in [0.4, 0.5) is 0 Å². The van der Waals surface area contributed by atoms with Crippen molar-refractivity contribution in [2.45, 2.75) is 29.8 Å². The fourth-order valence-corrected chi connectivity index (χ4v) is 5.48. The zero-order chi connectivity index (χ0) is 17.5. The van der Waals surface area contributed by atoms with E-state index in [4.69, 9.17) is 4.52 Å². The Bertz CT molecular complexity index is 1030. The Kier molecular flexibility index (Phi) is 4.43. The molecule has 0 spiro atoms. The van der Waals surface area contributed by atoms with E-state index in [0.29, 0.717) is 23.5 Å². The number of nitrogens with zero attached hydrogens (tertiary/aromatic N) is 5. The van der Waals surface area contributed by atoms with Crippen molar-refractivity contribution in [3.05, 3.63) is 39.3 Å². The van der Waals surface area contributed by atoms with Gasteiger partial charge in [0.1, 0.15) is 0 Å². The summed E-state index contributed by atoms with van der Waals surface area (Å²) in [5.41, 5.74) is 0. The van der Waals surface area contributed by atoms with Gasteiger partial charge in [0.05, 0.1) is 15.5 Å². The van der Waals surface area contributed by atoms with Crippen LogP contribution in [0.15, 0.2) is 43.1 Å². The number of thiophene rings is 2. The Morgan fingerprint density at radius 1 is 1.27 bits per heavy atom. The topological polar surface area (TPSA) is 69.6 Å². The van der Waals surface area contributed by atoms with Crippen molar-refractivity contribution < 1.29 is 4.52 Å². The number of aromatic nitrogens is 5. The largest absolute Gasteiger partial charge is 0.338 e. The molecule has 5 rings (SSSR count). The van der Waals surface area contributed by atoms with Crippen molar-refractivity contribution in [3.8, 4) is 21.4 Å². The Hall–Kier alpha value is -1.49. The Balaban J connectivity index is 1.35. The molecule has 0 unspecified atom stereocenters. The van der Waals surface area contributed by atoms with Gasteiger partial charge in [-0.05, 0) is 46.3 Å². The molecule has 1 aliphatic carbocycles. The lowest BCUT2D eigenvalue weighted by Crippen LogP contribution is -1.99. The third-order valence-electron chi connectivity index (χ3n) is 3.90. The van der Waals surface area contributed by atoms with Gasteiger partial charge < -0.3 is 4.52 Å². The Morgan fingerprint density at radius 3 is 2.92 bits per heavy atom. The van der Waals surface area contributed by atoms with Crippen LogP contribution in [-0.4, -0.2) is 24.9 Å². The van der Waals surface area contributed by atoms with Gasteiger partial charge >= 0.3 is 0 Å². The number of hydrogen-bond donors (Lipinski definition) is 0. The number of halogens is 1. The van der Waals surface area contributed by atoms with Gasteiger partial charge in [0.25, 0.3) is 0 Å². The highest BCUT2D eigenvalue weighted by molar-refractivity contribution is 9.10. The minimum absolute atomic E-state index is 0.506. The molecule has 1 aliphatic rings. The summed E-state index contributed by atoms with van der Waals surface area (Å²) >= 11 is 8.31. The number of rotatable bonds is 6. The number of hydrogen-bond acceptors (Lipinski definition) is 8. The molecule has 0 bridgehead atoms. The zero-order valence-electron chi connectivity index (χ0n) is 13.3. The van der Waals surface area contributed by atoms with Crippen molar-refractivity contribution >= 4 is 50.4 Å². The van der Waals surface area contributed by atoms with Gasteiger partial charge in [0.2, 0.25) is 11.7 Å². The van der Waals surface area contributed by atoms with E-state index in [1.54, 1.807) is 34.4 Å². The molecule has 4 aromatic heterocycles. The monoisotopic (exact) mass is 465 g/mol. The molecule has 0 N–H and O–H groups in total. The normalized spacial score (nSPS) is 14.2. The number of thioether (sulfide) groups is 1. The van der Waals surface area contributed by atoms with Gasteiger partial charge in [0, 0.05) is 15.9 Å². The van der Waals surface area contributed by atoms with Crippen molar-refractivity contribution in [2.75, 3.05) is 0 Å². The zero-order valence-corrected chi connectivity index (χ0v) is 17.4. The summed E-state index contributed by atoms with van der Waals surface area (Å²) in [7, 11) is 0. The van der Waals surface area contributed by atoms with Crippen molar-refractivity contribution in [2.24, 2.45) is 0 Å². The van der Waals surface area contributed by atoms with Crippen LogP contribution in [0.1, 0.15) is 24.8 Å². The maximum absolute atomic E-state index is 5.40. The third-order valence-corrected chi connectivity index (χ3v) is 7.38. The summed E-state index contributed by atoms with van der Waals surface area (Å²) in [5, 5.41) is 17.9. The Labute approximate surface area is 169 Å². The molecule has 0 radical (unpaired) electrons. The van der Waals surface area contributed by atoms with Gasteiger partial charge in [-0.15, -0.1) is 32.9 Å². The van der Waals surface area contributed by atoms with E-state index in [1.807, 2.05) is 17.5 Å². The third kappa shape index (κ3) is 3.26. The summed E-state index contributed by atoms with van der Waals surface area (Å²) in [5.74, 6) is 2.76. The van der Waals surface area contributed by atoms with E-state index in [1.165, 1.54) is 12.8 Å². The van der Waals surface area contributed by atoms with Gasteiger partial charge in [-0.2, -0.15) is 4.98 Å². The molecule has 1 saturated carbocycles. The molecule has 10 heteroatoms. The van der Waals surface area contributed by atoms with E-state index < -0.39 is 0 Å². The highest BCUT2D eigenvalue weighted by Crippen LogP contribution is 2.42. The predicted octanol–water partition coefficient (Wildman–Crippen LogP) is 5.51. The molecule has 4 heterocycles. The standard InChI is InChI=1S/C16H12BrN5OS3/c17-9-6-12(25-7-9)14-18-13(23-21-14)8-26-16-20-19-15(11-2-1-5-24-11)22(16)10-3-4-10/h1-2,5-7,10H,3-4,8H2. The van der Waals surface area contributed by atoms with Crippen molar-refractivity contribution in [1.82, 2.24) is 24.9 Å². The lowest BCUT2D eigenvalue weighted by Gasteiger charge is -2.06. The van der Waals surface area contributed by atoms with Crippen LogP contribution < -0.4 is 0 Å². The molecule has 6 nitrogen and oxygen atoms in total. The second-order valence-corrected chi connectivity index (χ2v) is 9.53. The van der Waals surface area contributed by atoms with Crippen LogP contribution in [0.5, 0.6) is 0 Å². The maximum Gasteiger partial charge on any atom is 0.237 e. The van der Waals surface area contributed by atoms with Crippen LogP contribution in [0.2, 0.25) is 0 Å². The molecule has 132 valence electrons. The predicted molar refractivity (Wildman–Crippen MR) is 106 cm³/mol. The minimum Gasteiger partial charge on any atom is -0.338 e. The van der Waals surface area contributed by atoms with E-state index in [-0.39, 0.29) is 0 Å². The van der Waals surface area contributed by atoms with Crippen LogP contribution in [0, 0.1) is 0 Å². The molecule has 26 heavy (non-hydrogen) atoms. The van der Waals surface area contributed by atoms with E-state index >= 15 is 0 Å². The molecule has 0 saturated heterocycles. The minimum atomic E-state index is 0.506. The first-order chi connectivity index (χ1) is 12.8. The summed E-state index contributed by atoms with van der Waals surface area (Å²) in [6.07, 6.45) is 2.36. The quantitative estimate of drug-likeness (QED) is 0.349. The summed E-state index contributed by atoms with van der Waals surface area (Å²) in [6.45, 7) is 0. The van der Waals surface area contributed by atoms with Gasteiger partial charge in [-0.3, -0.25) is 4.57 Å². The van der Waals surface area contributed by atoms with Crippen LogP contribution >= 0.6 is 50.4 Å². The van der Waals surface area contributed by atoms with Crippen LogP contribution in [0.3, 0.4) is 0 Å². The van der Waals surface area contributed by atoms with Crippen LogP contribution in [-0.2, 0) is 5.75 Å². The fraction of sp³-hybridized carbons (Fsp3) is 0.250. The smallest absolute Gasteiger partial charge is 0.237 e. The summed E-state index contributed by atoms with van der Waals surface area (Å²) < 4.78 is 8.68. The second kappa shape index (κ2) is 6.91. The molecule has 0 amide bonds. The molecule has 4 aromatic rings. The second-order valence-electron chi connectivity index (χ2n) is 5.81. The molecular weight excluding hydrogens is 454 g/mol. The lowest BCUT2D eigenvalue weighted by molar-refractivity contribution is 0.391. The van der Waals surface area contributed by atoms with Gasteiger partial charge in [-0.25, -0.2) is 0 Å². The first kappa shape index (κ1) is 16.7. The SMILES string of the molecule is Brc1csc(-c2noc(CSc3nnc(-c4cccs4)n3C3CC3)n2)c1.